The molecule has 3 rings (SSSR count). The fourth-order valence-electron chi connectivity index (χ4n) is 4.01. The first-order valence-corrected chi connectivity index (χ1v) is 10.7. The normalized spacial score (nSPS) is 22.9. The average molecular weight is 368 g/mol. The Kier molecular flexibility index (Phi) is 5.32. The van der Waals surface area contributed by atoms with Gasteiger partial charge in [0.1, 0.15) is 5.82 Å². The molecule has 1 aromatic rings. The van der Waals surface area contributed by atoms with E-state index in [4.69, 9.17) is 0 Å². The summed E-state index contributed by atoms with van der Waals surface area (Å²) in [4.78, 5) is 16.4. The molecule has 138 valence electrons. The number of anilines is 1. The van der Waals surface area contributed by atoms with Crippen LogP contribution in [0.3, 0.4) is 0 Å². The van der Waals surface area contributed by atoms with E-state index in [1.54, 1.807) is 35.0 Å². The summed E-state index contributed by atoms with van der Waals surface area (Å²) in [7, 11) is -1.37. The first-order valence-electron chi connectivity index (χ1n) is 8.84. The molecule has 1 amide bonds. The number of hydrogen-bond donors (Lipinski definition) is 0. The fraction of sp³-hybridized carbons (Fsp3) is 0.611. The van der Waals surface area contributed by atoms with Crippen LogP contribution < -0.4 is 4.90 Å². The molecule has 0 radical (unpaired) electrons. The second-order valence-electron chi connectivity index (χ2n) is 7.10. The van der Waals surface area contributed by atoms with Gasteiger partial charge in [-0.2, -0.15) is 0 Å². The molecule has 0 aromatic heterocycles. The van der Waals surface area contributed by atoms with Gasteiger partial charge in [-0.3, -0.25) is 4.79 Å². The lowest BCUT2D eigenvalue weighted by atomic mass is 10.1. The van der Waals surface area contributed by atoms with E-state index in [-0.39, 0.29) is 41.9 Å². The van der Waals surface area contributed by atoms with Crippen molar-refractivity contribution in [3.63, 3.8) is 0 Å². The molecule has 2 aliphatic rings. The molecule has 1 aliphatic carbocycles. The number of amides is 1. The summed E-state index contributed by atoms with van der Waals surface area (Å²) in [6, 6.07) is 6.23. The highest BCUT2D eigenvalue weighted by atomic mass is 32.2. The van der Waals surface area contributed by atoms with Gasteiger partial charge >= 0.3 is 0 Å². The molecule has 0 N–H and O–H groups in total. The zero-order valence-corrected chi connectivity index (χ0v) is 15.3. The highest BCUT2D eigenvalue weighted by Crippen LogP contribution is 2.29. The third-order valence-electron chi connectivity index (χ3n) is 5.24. The van der Waals surface area contributed by atoms with Crippen molar-refractivity contribution in [3.8, 4) is 0 Å². The highest BCUT2D eigenvalue weighted by Gasteiger charge is 2.39. The zero-order chi connectivity index (χ0) is 18.0. The Morgan fingerprint density at radius 2 is 1.84 bits per heavy atom. The molecule has 2 fully saturated rings. The van der Waals surface area contributed by atoms with Crippen LogP contribution in [-0.4, -0.2) is 56.4 Å². The van der Waals surface area contributed by atoms with Crippen LogP contribution in [-0.2, 0) is 14.6 Å². The smallest absolute Gasteiger partial charge is 0.242 e. The molecule has 1 aliphatic heterocycles. The molecular weight excluding hydrogens is 343 g/mol. The van der Waals surface area contributed by atoms with Crippen molar-refractivity contribution < 1.29 is 17.6 Å². The van der Waals surface area contributed by atoms with Gasteiger partial charge in [-0.1, -0.05) is 25.0 Å². The minimum atomic E-state index is -3.06. The van der Waals surface area contributed by atoms with Gasteiger partial charge in [0, 0.05) is 19.1 Å². The summed E-state index contributed by atoms with van der Waals surface area (Å²) in [6.07, 6.45) is 4.49. The van der Waals surface area contributed by atoms with Crippen molar-refractivity contribution in [1.29, 1.82) is 0 Å². The predicted octanol–water partition coefficient (Wildman–Crippen LogP) is 2.22. The van der Waals surface area contributed by atoms with Crippen LogP contribution >= 0.6 is 0 Å². The van der Waals surface area contributed by atoms with Gasteiger partial charge in [-0.15, -0.1) is 0 Å². The Labute approximate surface area is 148 Å². The Hall–Kier alpha value is -1.63. The largest absolute Gasteiger partial charge is 0.363 e. The molecule has 1 saturated heterocycles. The van der Waals surface area contributed by atoms with Crippen molar-refractivity contribution in [3.05, 3.63) is 30.1 Å². The first-order chi connectivity index (χ1) is 11.9. The first kappa shape index (κ1) is 18.2. The van der Waals surface area contributed by atoms with E-state index in [0.717, 1.165) is 25.7 Å². The van der Waals surface area contributed by atoms with Crippen LogP contribution in [0.1, 0.15) is 32.1 Å². The summed E-state index contributed by atoms with van der Waals surface area (Å²) in [6.45, 7) is 0.0496. The standard InChI is InChI=1S/C18H25FN2O3S/c1-20(17-9-5-4-8-16(17)19)12-18(22)21(14-6-2-3-7-14)15-10-11-25(23,24)13-15/h4-5,8-9,14-15H,2-3,6-7,10-13H2,1H3. The van der Waals surface area contributed by atoms with Gasteiger partial charge in [-0.05, 0) is 31.4 Å². The molecule has 0 spiro atoms. The number of benzene rings is 1. The van der Waals surface area contributed by atoms with Crippen LogP contribution in [0.2, 0.25) is 0 Å². The molecule has 1 heterocycles. The van der Waals surface area contributed by atoms with Gasteiger partial charge in [0.05, 0.1) is 23.7 Å². The van der Waals surface area contributed by atoms with Gasteiger partial charge in [-0.25, -0.2) is 12.8 Å². The molecule has 1 aromatic carbocycles. The van der Waals surface area contributed by atoms with Crippen molar-refractivity contribution in [1.82, 2.24) is 4.90 Å². The quantitative estimate of drug-likeness (QED) is 0.800. The number of para-hydroxylation sites is 1. The maximum Gasteiger partial charge on any atom is 0.242 e. The molecule has 7 heteroatoms. The van der Waals surface area contributed by atoms with Gasteiger partial charge in [0.2, 0.25) is 5.91 Å². The van der Waals surface area contributed by atoms with E-state index in [2.05, 4.69) is 0 Å². The minimum Gasteiger partial charge on any atom is -0.363 e. The molecule has 5 nitrogen and oxygen atoms in total. The van der Waals surface area contributed by atoms with Crippen molar-refractivity contribution in [2.24, 2.45) is 0 Å². The van der Waals surface area contributed by atoms with E-state index < -0.39 is 9.84 Å². The maximum atomic E-state index is 13.9. The van der Waals surface area contributed by atoms with Crippen molar-refractivity contribution in [2.45, 2.75) is 44.2 Å². The molecule has 25 heavy (non-hydrogen) atoms. The molecular formula is C18H25FN2O3S. The average Bonchev–Trinajstić information content (AvgIpc) is 3.18. The Bertz CT molecular complexity index is 732. The lowest BCUT2D eigenvalue weighted by Gasteiger charge is -2.35. The Balaban J connectivity index is 1.76. The summed E-state index contributed by atoms with van der Waals surface area (Å²) in [5.74, 6) is -0.274. The Morgan fingerprint density at radius 1 is 1.16 bits per heavy atom. The van der Waals surface area contributed by atoms with Crippen LogP contribution in [0.5, 0.6) is 0 Å². The lowest BCUT2D eigenvalue weighted by Crippen LogP contribution is -2.50. The van der Waals surface area contributed by atoms with E-state index in [1.807, 2.05) is 0 Å². The van der Waals surface area contributed by atoms with E-state index in [0.29, 0.717) is 12.1 Å². The second kappa shape index (κ2) is 7.32. The fourth-order valence-corrected chi connectivity index (χ4v) is 5.72. The minimum absolute atomic E-state index is 0.0496. The number of rotatable bonds is 5. The van der Waals surface area contributed by atoms with Crippen LogP contribution in [0.15, 0.2) is 24.3 Å². The van der Waals surface area contributed by atoms with Gasteiger partial charge in [0.25, 0.3) is 0 Å². The number of hydrogen-bond acceptors (Lipinski definition) is 4. The van der Waals surface area contributed by atoms with E-state index in [9.17, 15) is 17.6 Å². The SMILES string of the molecule is CN(CC(=O)N(C1CCCC1)C1CCS(=O)(=O)C1)c1ccccc1F. The lowest BCUT2D eigenvalue weighted by molar-refractivity contribution is -0.134. The molecule has 1 atom stereocenters. The summed E-state index contributed by atoms with van der Waals surface area (Å²) < 4.78 is 37.7. The number of likely N-dealkylation sites (N-methyl/N-ethyl adjacent to an activating group) is 1. The summed E-state index contributed by atoms with van der Waals surface area (Å²) >= 11 is 0. The zero-order valence-electron chi connectivity index (χ0n) is 14.5. The monoisotopic (exact) mass is 368 g/mol. The van der Waals surface area contributed by atoms with Crippen LogP contribution in [0.25, 0.3) is 0 Å². The van der Waals surface area contributed by atoms with Crippen molar-refractivity contribution >= 4 is 21.4 Å². The third-order valence-corrected chi connectivity index (χ3v) is 6.99. The Morgan fingerprint density at radius 3 is 2.44 bits per heavy atom. The number of carbonyl (C=O) groups excluding carboxylic acids is 1. The number of halogens is 1. The number of nitrogens with zero attached hydrogens (tertiary/aromatic N) is 2. The molecule has 0 bridgehead atoms. The maximum absolute atomic E-state index is 13.9. The van der Waals surface area contributed by atoms with Crippen LogP contribution in [0.4, 0.5) is 10.1 Å². The number of carbonyl (C=O) groups is 1. The number of sulfone groups is 1. The molecule has 1 saturated carbocycles. The van der Waals surface area contributed by atoms with E-state index in [1.165, 1.54) is 6.07 Å². The van der Waals surface area contributed by atoms with E-state index >= 15 is 0 Å². The van der Waals surface area contributed by atoms with Crippen molar-refractivity contribution in [2.75, 3.05) is 30.0 Å². The summed E-state index contributed by atoms with van der Waals surface area (Å²) in [5, 5.41) is 0. The van der Waals surface area contributed by atoms with Gasteiger partial charge < -0.3 is 9.80 Å². The summed E-state index contributed by atoms with van der Waals surface area (Å²) in [5.41, 5.74) is 0.376. The third kappa shape index (κ3) is 4.14. The topological polar surface area (TPSA) is 57.7 Å². The van der Waals surface area contributed by atoms with Crippen LogP contribution in [0, 0.1) is 5.82 Å². The predicted molar refractivity (Wildman–Crippen MR) is 95.8 cm³/mol. The molecule has 1 unspecified atom stereocenters. The highest BCUT2D eigenvalue weighted by molar-refractivity contribution is 7.91. The van der Waals surface area contributed by atoms with Gasteiger partial charge in [0.15, 0.2) is 9.84 Å². The second-order valence-corrected chi connectivity index (χ2v) is 9.33.